The van der Waals surface area contributed by atoms with Gasteiger partial charge in [0.05, 0.1) is 11.4 Å². The Labute approximate surface area is 143 Å². The summed E-state index contributed by atoms with van der Waals surface area (Å²) < 4.78 is 0. The van der Waals surface area contributed by atoms with Crippen molar-refractivity contribution in [2.24, 2.45) is 0 Å². The molecule has 0 bridgehead atoms. The molecule has 2 aliphatic heterocycles. The summed E-state index contributed by atoms with van der Waals surface area (Å²) in [7, 11) is 0. The van der Waals surface area contributed by atoms with Crippen molar-refractivity contribution < 1.29 is 9.59 Å². The van der Waals surface area contributed by atoms with Gasteiger partial charge in [-0.25, -0.2) is 4.98 Å². The predicted molar refractivity (Wildman–Crippen MR) is 89.7 cm³/mol. The maximum atomic E-state index is 12.4. The molecule has 124 valence electrons. The van der Waals surface area contributed by atoms with Crippen LogP contribution in [0.2, 0.25) is 0 Å². The maximum Gasteiger partial charge on any atom is 0.273 e. The van der Waals surface area contributed by atoms with Gasteiger partial charge in [-0.15, -0.1) is 11.3 Å². The SMILES string of the molecule is O=C1NC2(CCN(C(=O)c3cscn3)CC2)CC1c1cccnc1. The first-order valence-electron chi connectivity index (χ1n) is 8.06. The largest absolute Gasteiger partial charge is 0.350 e. The number of carbonyl (C=O) groups excluding carboxylic acids is 2. The van der Waals surface area contributed by atoms with Gasteiger partial charge in [-0.2, -0.15) is 0 Å². The molecule has 1 unspecified atom stereocenters. The van der Waals surface area contributed by atoms with E-state index in [0.29, 0.717) is 18.8 Å². The molecular formula is C17H18N4O2S. The number of nitrogens with one attached hydrogen (secondary N) is 1. The average Bonchev–Trinajstić information content (AvgIpc) is 3.25. The number of hydrogen-bond donors (Lipinski definition) is 1. The van der Waals surface area contributed by atoms with Gasteiger partial charge in [-0.1, -0.05) is 6.07 Å². The summed E-state index contributed by atoms with van der Waals surface area (Å²) >= 11 is 1.43. The first-order valence-corrected chi connectivity index (χ1v) is 9.01. The van der Waals surface area contributed by atoms with Crippen molar-refractivity contribution >= 4 is 23.2 Å². The lowest BCUT2D eigenvalue weighted by Crippen LogP contribution is -2.52. The van der Waals surface area contributed by atoms with E-state index in [1.165, 1.54) is 11.3 Å². The molecule has 0 aliphatic carbocycles. The molecule has 4 rings (SSSR count). The summed E-state index contributed by atoms with van der Waals surface area (Å²) in [5.74, 6) is -0.0824. The first kappa shape index (κ1) is 15.3. The number of carbonyl (C=O) groups is 2. The van der Waals surface area contributed by atoms with Crippen LogP contribution in [0.3, 0.4) is 0 Å². The van der Waals surface area contributed by atoms with Gasteiger partial charge in [0.25, 0.3) is 5.91 Å². The van der Waals surface area contributed by atoms with E-state index in [0.717, 1.165) is 24.8 Å². The molecule has 2 aromatic rings. The minimum atomic E-state index is -0.198. The lowest BCUT2D eigenvalue weighted by Gasteiger charge is -2.39. The summed E-state index contributed by atoms with van der Waals surface area (Å²) in [6.45, 7) is 1.30. The molecule has 0 saturated carbocycles. The van der Waals surface area contributed by atoms with Crippen molar-refractivity contribution in [1.29, 1.82) is 0 Å². The quantitative estimate of drug-likeness (QED) is 0.903. The number of likely N-dealkylation sites (tertiary alicyclic amines) is 1. The van der Waals surface area contributed by atoms with Crippen LogP contribution in [-0.4, -0.2) is 45.3 Å². The number of amides is 2. The molecule has 1 N–H and O–H groups in total. The van der Waals surface area contributed by atoms with Crippen LogP contribution < -0.4 is 5.32 Å². The van der Waals surface area contributed by atoms with E-state index in [1.54, 1.807) is 23.3 Å². The van der Waals surface area contributed by atoms with Crippen molar-refractivity contribution in [3.05, 3.63) is 46.7 Å². The minimum Gasteiger partial charge on any atom is -0.350 e. The Hall–Kier alpha value is -2.28. The molecule has 1 spiro atoms. The van der Waals surface area contributed by atoms with Gasteiger partial charge in [-0.3, -0.25) is 14.6 Å². The van der Waals surface area contributed by atoms with Crippen molar-refractivity contribution in [2.45, 2.75) is 30.7 Å². The second-order valence-corrected chi connectivity index (χ2v) is 7.20. The smallest absolute Gasteiger partial charge is 0.273 e. The highest BCUT2D eigenvalue weighted by Crippen LogP contribution is 2.39. The molecule has 7 heteroatoms. The fourth-order valence-corrected chi connectivity index (χ4v) is 4.21. The molecule has 2 amide bonds. The van der Waals surface area contributed by atoms with Gasteiger partial charge in [0.15, 0.2) is 0 Å². The molecular weight excluding hydrogens is 324 g/mol. The van der Waals surface area contributed by atoms with Crippen molar-refractivity contribution in [2.75, 3.05) is 13.1 Å². The lowest BCUT2D eigenvalue weighted by atomic mass is 9.82. The van der Waals surface area contributed by atoms with E-state index < -0.39 is 0 Å². The Morgan fingerprint density at radius 3 is 2.88 bits per heavy atom. The zero-order chi connectivity index (χ0) is 16.6. The van der Waals surface area contributed by atoms with E-state index in [2.05, 4.69) is 15.3 Å². The van der Waals surface area contributed by atoms with Crippen LogP contribution in [-0.2, 0) is 4.79 Å². The number of aromatic nitrogens is 2. The molecule has 0 radical (unpaired) electrons. The van der Waals surface area contributed by atoms with E-state index in [9.17, 15) is 9.59 Å². The van der Waals surface area contributed by atoms with Gasteiger partial charge in [0.1, 0.15) is 5.69 Å². The molecule has 4 heterocycles. The molecule has 6 nitrogen and oxygen atoms in total. The van der Waals surface area contributed by atoms with Crippen LogP contribution >= 0.6 is 11.3 Å². The van der Waals surface area contributed by atoms with E-state index in [4.69, 9.17) is 0 Å². The molecule has 0 aromatic carbocycles. The molecule has 2 aliphatic rings. The fourth-order valence-electron chi connectivity index (χ4n) is 3.68. The third-order valence-electron chi connectivity index (χ3n) is 5.05. The Bertz CT molecular complexity index is 739. The Morgan fingerprint density at radius 2 is 2.21 bits per heavy atom. The third-order valence-corrected chi connectivity index (χ3v) is 5.63. The van der Waals surface area contributed by atoms with E-state index >= 15 is 0 Å². The predicted octanol–water partition coefficient (Wildman–Crippen LogP) is 1.82. The van der Waals surface area contributed by atoms with Gasteiger partial charge in [0, 0.05) is 36.4 Å². The van der Waals surface area contributed by atoms with Crippen molar-refractivity contribution in [3.63, 3.8) is 0 Å². The van der Waals surface area contributed by atoms with Crippen LogP contribution in [0, 0.1) is 0 Å². The Balaban J connectivity index is 1.44. The standard InChI is InChI=1S/C17H18N4O2S/c22-15-13(12-2-1-5-18-9-12)8-17(20-15)3-6-21(7-4-17)16(23)14-10-24-11-19-14/h1-2,5,9-11,13H,3-4,6-8H2,(H,20,22). The highest BCUT2D eigenvalue weighted by Gasteiger charge is 2.46. The fraction of sp³-hybridized carbons (Fsp3) is 0.412. The number of hydrogen-bond acceptors (Lipinski definition) is 5. The molecule has 2 aromatic heterocycles. The summed E-state index contributed by atoms with van der Waals surface area (Å²) in [6, 6.07) is 3.82. The zero-order valence-electron chi connectivity index (χ0n) is 13.1. The topological polar surface area (TPSA) is 75.2 Å². The highest BCUT2D eigenvalue weighted by atomic mass is 32.1. The summed E-state index contributed by atoms with van der Waals surface area (Å²) in [6.07, 6.45) is 5.83. The normalized spacial score (nSPS) is 22.6. The second kappa shape index (κ2) is 5.98. The van der Waals surface area contributed by atoms with Gasteiger partial charge in [-0.05, 0) is 30.9 Å². The Morgan fingerprint density at radius 1 is 1.38 bits per heavy atom. The summed E-state index contributed by atoms with van der Waals surface area (Å²) in [4.78, 5) is 34.9. The van der Waals surface area contributed by atoms with Crippen molar-refractivity contribution in [1.82, 2.24) is 20.2 Å². The summed E-state index contributed by atoms with van der Waals surface area (Å²) in [5, 5.41) is 4.97. The molecule has 1 atom stereocenters. The van der Waals surface area contributed by atoms with E-state index in [1.807, 2.05) is 17.0 Å². The van der Waals surface area contributed by atoms with Gasteiger partial charge in [0.2, 0.25) is 5.91 Å². The monoisotopic (exact) mass is 342 g/mol. The van der Waals surface area contributed by atoms with Crippen LogP contribution in [0.25, 0.3) is 0 Å². The number of pyridine rings is 1. The maximum absolute atomic E-state index is 12.4. The van der Waals surface area contributed by atoms with Gasteiger partial charge >= 0.3 is 0 Å². The highest BCUT2D eigenvalue weighted by molar-refractivity contribution is 7.07. The summed E-state index contributed by atoms with van der Waals surface area (Å²) in [5.41, 5.74) is 2.96. The lowest BCUT2D eigenvalue weighted by molar-refractivity contribution is -0.121. The second-order valence-electron chi connectivity index (χ2n) is 6.48. The van der Waals surface area contributed by atoms with Crippen molar-refractivity contribution in [3.8, 4) is 0 Å². The van der Waals surface area contributed by atoms with Crippen LogP contribution in [0.4, 0.5) is 0 Å². The number of rotatable bonds is 2. The third kappa shape index (κ3) is 2.69. The van der Waals surface area contributed by atoms with E-state index in [-0.39, 0.29) is 23.3 Å². The minimum absolute atomic E-state index is 0.0146. The van der Waals surface area contributed by atoms with Crippen LogP contribution in [0.5, 0.6) is 0 Å². The molecule has 24 heavy (non-hydrogen) atoms. The van der Waals surface area contributed by atoms with Gasteiger partial charge < -0.3 is 10.2 Å². The zero-order valence-corrected chi connectivity index (χ0v) is 14.0. The first-order chi connectivity index (χ1) is 11.7. The number of piperidine rings is 1. The van der Waals surface area contributed by atoms with Crippen LogP contribution in [0.15, 0.2) is 35.4 Å². The van der Waals surface area contributed by atoms with Crippen LogP contribution in [0.1, 0.15) is 41.2 Å². The Kier molecular flexibility index (Phi) is 3.80. The number of thiazole rings is 1. The molecule has 2 fully saturated rings. The number of nitrogens with zero attached hydrogens (tertiary/aromatic N) is 3. The average molecular weight is 342 g/mol. The molecule has 2 saturated heterocycles.